The van der Waals surface area contributed by atoms with E-state index in [0.717, 1.165) is 0 Å². The van der Waals surface area contributed by atoms with Crippen molar-refractivity contribution < 1.29 is 29.0 Å². The summed E-state index contributed by atoms with van der Waals surface area (Å²) in [6.07, 6.45) is 1.07. The summed E-state index contributed by atoms with van der Waals surface area (Å²) < 4.78 is 9.82. The first-order valence-electron chi connectivity index (χ1n) is 9.98. The molecule has 0 aromatic heterocycles. The molecule has 0 N–H and O–H groups in total. The molecule has 2 amide bonds. The molecule has 1 aromatic carbocycles. The van der Waals surface area contributed by atoms with Crippen molar-refractivity contribution >= 4 is 29.7 Å². The van der Waals surface area contributed by atoms with Gasteiger partial charge in [-0.2, -0.15) is 4.48 Å². The quantitative estimate of drug-likeness (QED) is 0.389. The molecule has 1 unspecified atom stereocenters. The molecule has 0 aliphatic carbocycles. The van der Waals surface area contributed by atoms with Gasteiger partial charge in [-0.25, -0.2) is 9.79 Å². The lowest BCUT2D eigenvalue weighted by Gasteiger charge is -2.32. The molecule has 9 heteroatoms. The molecule has 168 valence electrons. The fourth-order valence-electron chi connectivity index (χ4n) is 2.83. The zero-order chi connectivity index (χ0) is 23.4. The number of quaternary nitrogens is 1. The van der Waals surface area contributed by atoms with Gasteiger partial charge in [-0.05, 0) is 32.9 Å². The second-order valence-electron chi connectivity index (χ2n) is 8.55. The van der Waals surface area contributed by atoms with Crippen LogP contribution in [0.4, 0.5) is 15.3 Å². The lowest BCUT2D eigenvalue weighted by Crippen LogP contribution is -2.59. The number of carboxylic acid groups (broad SMARTS) is 1. The maximum atomic E-state index is 12.2. The number of nitrogens with zero attached hydrogens (tertiary/aromatic N) is 3. The van der Waals surface area contributed by atoms with E-state index in [1.165, 1.54) is 29.4 Å². The molecule has 0 spiro atoms. The van der Waals surface area contributed by atoms with Gasteiger partial charge in [0.1, 0.15) is 23.2 Å². The molecule has 0 radical (unpaired) electrons. The molecule has 1 heterocycles. The number of carbonyl (C=O) groups is 3. The van der Waals surface area contributed by atoms with Crippen molar-refractivity contribution in [3.8, 4) is 5.75 Å². The van der Waals surface area contributed by atoms with Crippen LogP contribution < -0.4 is 14.3 Å². The minimum atomic E-state index is -1.39. The standard InChI is InChI=1S/C22H29N3O6/c1-15(2)19(26)30-17-9-7-16(8-10-17)25(21(28)29)14-12-23-18(25)11-13-24(6)20(27)31-22(3,4)5/h7-10,12,14-15H,11,13H2,1-6H3. The molecule has 0 saturated carbocycles. The van der Waals surface area contributed by atoms with Crippen LogP contribution in [0.3, 0.4) is 0 Å². The molecule has 1 aliphatic heterocycles. The van der Waals surface area contributed by atoms with E-state index >= 15 is 0 Å². The van der Waals surface area contributed by atoms with Gasteiger partial charge >= 0.3 is 12.1 Å². The summed E-state index contributed by atoms with van der Waals surface area (Å²) in [6.45, 7) is 8.95. The van der Waals surface area contributed by atoms with Crippen molar-refractivity contribution in [1.82, 2.24) is 9.38 Å². The molecule has 1 aromatic rings. The predicted octanol–water partition coefficient (Wildman–Crippen LogP) is 3.04. The topological polar surface area (TPSA) is 108 Å². The average Bonchev–Trinajstić information content (AvgIpc) is 3.10. The summed E-state index contributed by atoms with van der Waals surface area (Å²) in [5, 5.41) is 12.2. The average molecular weight is 431 g/mol. The van der Waals surface area contributed by atoms with Crippen LogP contribution >= 0.6 is 0 Å². The number of amidine groups is 1. The van der Waals surface area contributed by atoms with Crippen LogP contribution in [0.1, 0.15) is 41.0 Å². The third kappa shape index (κ3) is 5.69. The van der Waals surface area contributed by atoms with Gasteiger partial charge < -0.3 is 24.3 Å². The molecule has 0 saturated heterocycles. The van der Waals surface area contributed by atoms with E-state index in [1.54, 1.807) is 53.8 Å². The maximum absolute atomic E-state index is 12.2. The van der Waals surface area contributed by atoms with E-state index < -0.39 is 22.3 Å². The Morgan fingerprint density at radius 3 is 2.29 bits per heavy atom. The highest BCUT2D eigenvalue weighted by atomic mass is 16.6. The molecule has 1 atom stereocenters. The summed E-state index contributed by atoms with van der Waals surface area (Å²) in [7, 11) is 1.57. The predicted molar refractivity (Wildman–Crippen MR) is 114 cm³/mol. The van der Waals surface area contributed by atoms with Crippen LogP contribution in [0, 0.1) is 5.92 Å². The van der Waals surface area contributed by atoms with Crippen LogP contribution in [0.25, 0.3) is 0 Å². The number of hydrogen-bond donors (Lipinski definition) is 0. The molecular weight excluding hydrogens is 402 g/mol. The molecule has 31 heavy (non-hydrogen) atoms. The summed E-state index contributed by atoms with van der Waals surface area (Å²) in [5.74, 6) is -0.0823. The van der Waals surface area contributed by atoms with Gasteiger partial charge in [0.2, 0.25) is 5.84 Å². The second kappa shape index (κ2) is 9.30. The SMILES string of the molecule is CC(C)C(=O)Oc1ccc([N+]2(C(=O)[O-])C=CN=C2CCN(C)C(=O)OC(C)(C)C)cc1. The maximum Gasteiger partial charge on any atom is 0.410 e. The van der Waals surface area contributed by atoms with Crippen LogP contribution in [0.5, 0.6) is 5.75 Å². The third-order valence-electron chi connectivity index (χ3n) is 4.52. The molecule has 0 bridgehead atoms. The van der Waals surface area contributed by atoms with Gasteiger partial charge in [-0.1, -0.05) is 13.8 Å². The first kappa shape index (κ1) is 24.1. The van der Waals surface area contributed by atoms with Crippen LogP contribution in [0.2, 0.25) is 0 Å². The number of rotatable bonds is 6. The molecule has 9 nitrogen and oxygen atoms in total. The van der Waals surface area contributed by atoms with Crippen molar-refractivity contribution in [1.29, 1.82) is 0 Å². The van der Waals surface area contributed by atoms with Gasteiger partial charge in [0.25, 0.3) is 6.09 Å². The number of carbonyl (C=O) groups excluding carboxylic acids is 3. The van der Waals surface area contributed by atoms with Crippen molar-refractivity contribution in [3.63, 3.8) is 0 Å². The first-order chi connectivity index (χ1) is 14.4. The van der Waals surface area contributed by atoms with E-state index in [0.29, 0.717) is 11.4 Å². The van der Waals surface area contributed by atoms with E-state index in [4.69, 9.17) is 9.47 Å². The largest absolute Gasteiger partial charge is 0.497 e. The highest BCUT2D eigenvalue weighted by Gasteiger charge is 2.41. The summed E-state index contributed by atoms with van der Waals surface area (Å²) in [6, 6.07) is 6.13. The minimum absolute atomic E-state index is 0.181. The smallest absolute Gasteiger partial charge is 0.410 e. The van der Waals surface area contributed by atoms with Gasteiger partial charge in [0.05, 0.1) is 18.5 Å². The van der Waals surface area contributed by atoms with Crippen LogP contribution in [-0.2, 0) is 9.53 Å². The monoisotopic (exact) mass is 431 g/mol. The van der Waals surface area contributed by atoms with E-state index in [-0.39, 0.29) is 30.7 Å². The van der Waals surface area contributed by atoms with Crippen molar-refractivity contribution in [2.45, 2.75) is 46.6 Å². The molecule has 0 fully saturated rings. The zero-order valence-electron chi connectivity index (χ0n) is 18.7. The molecular formula is C22H29N3O6. The van der Waals surface area contributed by atoms with Gasteiger partial charge in [-0.15, -0.1) is 0 Å². The summed E-state index contributed by atoms with van der Waals surface area (Å²) in [4.78, 5) is 41.7. The fraction of sp³-hybridized carbons (Fsp3) is 0.455. The van der Waals surface area contributed by atoms with Gasteiger partial charge in [0, 0.05) is 25.7 Å². The van der Waals surface area contributed by atoms with E-state index in [2.05, 4.69) is 4.99 Å². The Bertz CT molecular complexity index is 899. The summed E-state index contributed by atoms with van der Waals surface area (Å²) in [5.41, 5.74) is -0.277. The normalized spacial score (nSPS) is 18.0. The number of esters is 1. The first-order valence-corrected chi connectivity index (χ1v) is 9.98. The van der Waals surface area contributed by atoms with Crippen LogP contribution in [-0.4, -0.2) is 48.1 Å². The minimum Gasteiger partial charge on any atom is -0.497 e. The third-order valence-corrected chi connectivity index (χ3v) is 4.52. The zero-order valence-corrected chi connectivity index (χ0v) is 18.7. The highest BCUT2D eigenvalue weighted by molar-refractivity contribution is 6.10. The Balaban J connectivity index is 2.18. The van der Waals surface area contributed by atoms with Crippen molar-refractivity contribution in [2.75, 3.05) is 13.6 Å². The number of benzene rings is 1. The van der Waals surface area contributed by atoms with E-state index in [9.17, 15) is 19.5 Å². The van der Waals surface area contributed by atoms with Crippen molar-refractivity contribution in [2.24, 2.45) is 10.9 Å². The number of aliphatic imine (C=N–C) groups is 1. The van der Waals surface area contributed by atoms with Gasteiger partial charge in [0.15, 0.2) is 0 Å². The Hall–Kier alpha value is -3.20. The summed E-state index contributed by atoms with van der Waals surface area (Å²) >= 11 is 0. The second-order valence-corrected chi connectivity index (χ2v) is 8.55. The molecule has 2 rings (SSSR count). The van der Waals surface area contributed by atoms with E-state index in [1.807, 2.05) is 0 Å². The Morgan fingerprint density at radius 2 is 1.77 bits per heavy atom. The number of ether oxygens (including phenoxy) is 2. The molecule has 1 aliphatic rings. The van der Waals surface area contributed by atoms with Gasteiger partial charge in [-0.3, -0.25) is 4.79 Å². The fourth-order valence-corrected chi connectivity index (χ4v) is 2.83. The Morgan fingerprint density at radius 1 is 1.16 bits per heavy atom. The lowest BCUT2D eigenvalue weighted by atomic mass is 10.2. The Kier molecular flexibility index (Phi) is 7.22. The Labute approximate surface area is 182 Å². The highest BCUT2D eigenvalue weighted by Crippen LogP contribution is 2.31. The number of hydrogen-bond acceptors (Lipinski definition) is 7. The lowest BCUT2D eigenvalue weighted by molar-refractivity contribution is -0.257. The van der Waals surface area contributed by atoms with Crippen molar-refractivity contribution in [3.05, 3.63) is 36.7 Å². The van der Waals surface area contributed by atoms with Crippen LogP contribution in [0.15, 0.2) is 41.7 Å². The number of amides is 2.